The van der Waals surface area contributed by atoms with Crippen molar-refractivity contribution < 1.29 is 9.90 Å². The summed E-state index contributed by atoms with van der Waals surface area (Å²) in [7, 11) is 0. The molecule has 0 atom stereocenters. The minimum Gasteiger partial charge on any atom is -0.481 e. The lowest BCUT2D eigenvalue weighted by Gasteiger charge is -2.07. The first-order valence-electron chi connectivity index (χ1n) is 6.40. The summed E-state index contributed by atoms with van der Waals surface area (Å²) in [6.45, 7) is 0.512. The molecule has 18 heavy (non-hydrogen) atoms. The van der Waals surface area contributed by atoms with E-state index in [-0.39, 0.29) is 6.42 Å². The number of aromatic nitrogens is 2. The molecule has 0 bridgehead atoms. The normalized spacial score (nSPS) is 15.1. The minimum absolute atomic E-state index is 0.151. The number of rotatable bonds is 5. The lowest BCUT2D eigenvalue weighted by Crippen LogP contribution is -2.08. The fraction of sp³-hybridized carbons (Fsp3) is 0.429. The fourth-order valence-corrected chi connectivity index (χ4v) is 2.32. The van der Waals surface area contributed by atoms with E-state index in [2.05, 4.69) is 9.55 Å². The Kier molecular flexibility index (Phi) is 2.78. The molecule has 1 aromatic carbocycles. The third-order valence-corrected chi connectivity index (χ3v) is 3.45. The molecule has 1 aliphatic rings. The summed E-state index contributed by atoms with van der Waals surface area (Å²) in [5.41, 5.74) is 2.02. The highest BCUT2D eigenvalue weighted by molar-refractivity contribution is 5.76. The van der Waals surface area contributed by atoms with Crippen LogP contribution in [0.5, 0.6) is 0 Å². The van der Waals surface area contributed by atoms with Crippen LogP contribution in [0.4, 0.5) is 0 Å². The second-order valence-electron chi connectivity index (χ2n) is 4.96. The van der Waals surface area contributed by atoms with Crippen LogP contribution in [0, 0.1) is 5.92 Å². The van der Waals surface area contributed by atoms with Gasteiger partial charge >= 0.3 is 5.97 Å². The third kappa shape index (κ3) is 2.23. The lowest BCUT2D eigenvalue weighted by molar-refractivity contribution is -0.137. The van der Waals surface area contributed by atoms with Crippen LogP contribution in [0.15, 0.2) is 24.3 Å². The molecule has 4 nitrogen and oxygen atoms in total. The Morgan fingerprint density at radius 2 is 2.17 bits per heavy atom. The number of imidazole rings is 1. The van der Waals surface area contributed by atoms with Gasteiger partial charge in [-0.2, -0.15) is 0 Å². The van der Waals surface area contributed by atoms with Crippen molar-refractivity contribution in [3.63, 3.8) is 0 Å². The summed E-state index contributed by atoms with van der Waals surface area (Å²) in [6.07, 6.45) is 3.69. The van der Waals surface area contributed by atoms with E-state index in [0.717, 1.165) is 29.2 Å². The molecule has 4 heteroatoms. The van der Waals surface area contributed by atoms with E-state index in [4.69, 9.17) is 5.11 Å². The average Bonchev–Trinajstić information content (AvgIpc) is 3.08. The predicted molar refractivity (Wildman–Crippen MR) is 68.4 cm³/mol. The molecule has 1 N–H and O–H groups in total. The van der Waals surface area contributed by atoms with Crippen LogP contribution >= 0.6 is 0 Å². The van der Waals surface area contributed by atoms with Gasteiger partial charge in [-0.15, -0.1) is 0 Å². The number of benzene rings is 1. The van der Waals surface area contributed by atoms with E-state index in [1.807, 2.05) is 24.3 Å². The maximum atomic E-state index is 10.7. The van der Waals surface area contributed by atoms with E-state index < -0.39 is 5.97 Å². The van der Waals surface area contributed by atoms with Gasteiger partial charge in [0.2, 0.25) is 0 Å². The highest BCUT2D eigenvalue weighted by Gasteiger charge is 2.24. The number of aliphatic carboxylic acids is 1. The van der Waals surface area contributed by atoms with E-state index in [1.54, 1.807) is 0 Å². The molecule has 1 fully saturated rings. The summed E-state index contributed by atoms with van der Waals surface area (Å²) in [5, 5.41) is 8.84. The zero-order valence-electron chi connectivity index (χ0n) is 10.2. The van der Waals surface area contributed by atoms with Crippen LogP contribution in [0.3, 0.4) is 0 Å². The smallest absolute Gasteiger partial charge is 0.305 e. The van der Waals surface area contributed by atoms with Crippen molar-refractivity contribution in [3.8, 4) is 0 Å². The number of carboxylic acid groups (broad SMARTS) is 1. The topological polar surface area (TPSA) is 55.1 Å². The Morgan fingerprint density at radius 3 is 2.89 bits per heavy atom. The monoisotopic (exact) mass is 244 g/mol. The van der Waals surface area contributed by atoms with Crippen molar-refractivity contribution >= 4 is 17.0 Å². The highest BCUT2D eigenvalue weighted by Crippen LogP contribution is 2.33. The van der Waals surface area contributed by atoms with E-state index in [9.17, 15) is 4.79 Å². The third-order valence-electron chi connectivity index (χ3n) is 3.45. The summed E-state index contributed by atoms with van der Waals surface area (Å²) in [6, 6.07) is 7.95. The highest BCUT2D eigenvalue weighted by atomic mass is 16.4. The van der Waals surface area contributed by atoms with Gasteiger partial charge in [0.05, 0.1) is 17.5 Å². The Hall–Kier alpha value is -1.84. The largest absolute Gasteiger partial charge is 0.481 e. The lowest BCUT2D eigenvalue weighted by atomic mass is 10.2. The maximum Gasteiger partial charge on any atom is 0.305 e. The Morgan fingerprint density at radius 1 is 1.39 bits per heavy atom. The van der Waals surface area contributed by atoms with Crippen molar-refractivity contribution in [3.05, 3.63) is 30.1 Å². The van der Waals surface area contributed by atoms with Crippen LogP contribution in [-0.2, 0) is 17.8 Å². The molecule has 3 rings (SSSR count). The molecule has 0 unspecified atom stereocenters. The summed E-state index contributed by atoms with van der Waals surface area (Å²) in [5.74, 6) is 1.04. The number of carboxylic acids is 1. The molecule has 0 aliphatic heterocycles. The second kappa shape index (κ2) is 4.44. The van der Waals surface area contributed by atoms with E-state index >= 15 is 0 Å². The summed E-state index contributed by atoms with van der Waals surface area (Å²) < 4.78 is 2.07. The van der Waals surface area contributed by atoms with Crippen LogP contribution < -0.4 is 0 Å². The summed E-state index contributed by atoms with van der Waals surface area (Å²) >= 11 is 0. The van der Waals surface area contributed by atoms with Crippen molar-refractivity contribution in [2.75, 3.05) is 0 Å². The van der Waals surface area contributed by atoms with Gasteiger partial charge in [0, 0.05) is 13.0 Å². The first-order valence-corrected chi connectivity index (χ1v) is 6.40. The van der Waals surface area contributed by atoms with Gasteiger partial charge in [0.25, 0.3) is 0 Å². The molecule has 1 aliphatic carbocycles. The number of fused-ring (bicyclic) bond motifs is 1. The quantitative estimate of drug-likeness (QED) is 0.879. The van der Waals surface area contributed by atoms with Gasteiger partial charge in [-0.3, -0.25) is 4.79 Å². The fourth-order valence-electron chi connectivity index (χ4n) is 2.32. The molecule has 0 spiro atoms. The van der Waals surface area contributed by atoms with Gasteiger partial charge in [-0.25, -0.2) is 4.98 Å². The minimum atomic E-state index is -0.759. The Bertz CT molecular complexity index is 584. The van der Waals surface area contributed by atoms with Crippen LogP contribution in [0.1, 0.15) is 25.1 Å². The molecular weight excluding hydrogens is 228 g/mol. The molecule has 0 radical (unpaired) electrons. The first kappa shape index (κ1) is 11.3. The average molecular weight is 244 g/mol. The second-order valence-corrected chi connectivity index (χ2v) is 4.96. The van der Waals surface area contributed by atoms with Crippen LogP contribution in [0.25, 0.3) is 11.0 Å². The molecule has 0 amide bonds. The molecule has 0 saturated heterocycles. The maximum absolute atomic E-state index is 10.7. The Labute approximate surface area is 105 Å². The SMILES string of the molecule is O=C(O)CCn1c(CC2CC2)nc2ccccc21. The zero-order valence-corrected chi connectivity index (χ0v) is 10.2. The van der Waals surface area contributed by atoms with Crippen LogP contribution in [0.2, 0.25) is 0 Å². The van der Waals surface area contributed by atoms with E-state index in [0.29, 0.717) is 6.54 Å². The van der Waals surface area contributed by atoms with Crippen molar-refractivity contribution in [2.45, 2.75) is 32.2 Å². The number of nitrogens with zero attached hydrogens (tertiary/aromatic N) is 2. The number of carbonyl (C=O) groups is 1. The van der Waals surface area contributed by atoms with E-state index in [1.165, 1.54) is 12.8 Å². The molecule has 94 valence electrons. The van der Waals surface area contributed by atoms with Gasteiger partial charge in [0.15, 0.2) is 0 Å². The molecule has 1 heterocycles. The van der Waals surface area contributed by atoms with Crippen molar-refractivity contribution in [2.24, 2.45) is 5.92 Å². The molecule has 1 aromatic heterocycles. The first-order chi connectivity index (χ1) is 8.74. The van der Waals surface area contributed by atoms with Gasteiger partial charge < -0.3 is 9.67 Å². The number of hydrogen-bond donors (Lipinski definition) is 1. The molecule has 1 saturated carbocycles. The van der Waals surface area contributed by atoms with Gasteiger partial charge in [-0.1, -0.05) is 12.1 Å². The number of aryl methyl sites for hydroxylation is 1. The summed E-state index contributed by atoms with van der Waals surface area (Å²) in [4.78, 5) is 15.4. The van der Waals surface area contributed by atoms with Gasteiger partial charge in [-0.05, 0) is 30.9 Å². The number of para-hydroxylation sites is 2. The van der Waals surface area contributed by atoms with Gasteiger partial charge in [0.1, 0.15) is 5.82 Å². The van der Waals surface area contributed by atoms with Crippen molar-refractivity contribution in [1.29, 1.82) is 0 Å². The molecular formula is C14H16N2O2. The molecule has 2 aromatic rings. The number of hydrogen-bond acceptors (Lipinski definition) is 2. The predicted octanol–water partition coefficient (Wildman–Crippen LogP) is 2.46. The Balaban J connectivity index is 1.96. The van der Waals surface area contributed by atoms with Crippen LogP contribution in [-0.4, -0.2) is 20.6 Å². The zero-order chi connectivity index (χ0) is 12.5. The standard InChI is InChI=1S/C14H16N2O2/c17-14(18)7-8-16-12-4-2-1-3-11(12)15-13(16)9-10-5-6-10/h1-4,10H,5-9H2,(H,17,18). The van der Waals surface area contributed by atoms with Crippen molar-refractivity contribution in [1.82, 2.24) is 9.55 Å².